The Hall–Kier alpha value is 1.40. The molecule has 0 aliphatic heterocycles. The van der Waals surface area contributed by atoms with Gasteiger partial charge in [-0.3, -0.25) is 0 Å². The highest BCUT2D eigenvalue weighted by Crippen LogP contribution is 2.05. The zero-order valence-corrected chi connectivity index (χ0v) is 13.3. The van der Waals surface area contributed by atoms with Crippen LogP contribution in [0, 0.1) is 0 Å². The van der Waals surface area contributed by atoms with Crippen molar-refractivity contribution in [2.75, 3.05) is 37.8 Å². The second-order valence-electron chi connectivity index (χ2n) is 3.82. The normalized spacial score (nSPS) is 11.1. The molecule has 1 nitrogen and oxygen atoms in total. The summed E-state index contributed by atoms with van der Waals surface area (Å²) in [7, 11) is 4.63. The van der Waals surface area contributed by atoms with E-state index in [9.17, 15) is 0 Å². The minimum Gasteiger partial charge on any atom is -1.00 e. The summed E-state index contributed by atoms with van der Waals surface area (Å²) in [4.78, 5) is 0. The molecular formula is C9H20Br3N. The Morgan fingerprint density at radius 3 is 1.77 bits per heavy atom. The van der Waals surface area contributed by atoms with Crippen molar-refractivity contribution in [2.24, 2.45) is 0 Å². The van der Waals surface area contributed by atoms with Crippen LogP contribution in [0.15, 0.2) is 0 Å². The predicted octanol–water partition coefficient (Wildman–Crippen LogP) is 0.0269. The lowest BCUT2D eigenvalue weighted by atomic mass is 10.3. The zero-order chi connectivity index (χ0) is 9.45. The molecule has 0 bridgehead atoms. The van der Waals surface area contributed by atoms with Gasteiger partial charge in [-0.15, -0.1) is 0 Å². The van der Waals surface area contributed by atoms with Gasteiger partial charge in [0.1, 0.15) is 0 Å². The largest absolute Gasteiger partial charge is 1.00 e. The highest BCUT2D eigenvalue weighted by atomic mass is 79.9. The van der Waals surface area contributed by atoms with Gasteiger partial charge in [0.05, 0.1) is 27.2 Å². The third-order valence-corrected chi connectivity index (χ3v) is 3.17. The Morgan fingerprint density at radius 1 is 0.846 bits per heavy atom. The van der Waals surface area contributed by atoms with Crippen LogP contribution >= 0.6 is 31.9 Å². The molecule has 0 aromatic rings. The smallest absolute Gasteiger partial charge is 0.0790 e. The van der Waals surface area contributed by atoms with Gasteiger partial charge in [-0.1, -0.05) is 31.9 Å². The highest BCUT2D eigenvalue weighted by Gasteiger charge is 2.12. The van der Waals surface area contributed by atoms with Gasteiger partial charge >= 0.3 is 0 Å². The summed E-state index contributed by atoms with van der Waals surface area (Å²) in [5, 5.41) is 2.28. The molecule has 13 heavy (non-hydrogen) atoms. The third kappa shape index (κ3) is 11.3. The molecule has 0 aromatic carbocycles. The number of alkyl halides is 2. The lowest BCUT2D eigenvalue weighted by Crippen LogP contribution is -3.00. The number of rotatable bonds is 7. The van der Waals surface area contributed by atoms with E-state index in [1.54, 1.807) is 0 Å². The van der Waals surface area contributed by atoms with Gasteiger partial charge in [0.25, 0.3) is 0 Å². The minimum atomic E-state index is 0. The molecule has 4 heteroatoms. The van der Waals surface area contributed by atoms with E-state index in [1.165, 1.54) is 36.8 Å². The first-order valence-corrected chi connectivity index (χ1v) is 6.80. The van der Waals surface area contributed by atoms with E-state index < -0.39 is 0 Å². The molecule has 0 heterocycles. The monoisotopic (exact) mass is 379 g/mol. The number of nitrogens with zero attached hydrogens (tertiary/aromatic N) is 1. The van der Waals surface area contributed by atoms with Crippen LogP contribution in [0.5, 0.6) is 0 Å². The fourth-order valence-electron chi connectivity index (χ4n) is 1.23. The molecule has 82 valence electrons. The molecule has 0 unspecified atom stereocenters. The van der Waals surface area contributed by atoms with Crippen LogP contribution in [0.3, 0.4) is 0 Å². The molecule has 0 aromatic heterocycles. The Morgan fingerprint density at radius 2 is 1.31 bits per heavy atom. The lowest BCUT2D eigenvalue weighted by molar-refractivity contribution is -0.890. The maximum absolute atomic E-state index is 3.47. The van der Waals surface area contributed by atoms with Crippen molar-refractivity contribution in [1.29, 1.82) is 0 Å². The summed E-state index contributed by atoms with van der Waals surface area (Å²) in [5.74, 6) is 0. The van der Waals surface area contributed by atoms with Crippen molar-refractivity contribution in [3.05, 3.63) is 0 Å². The summed E-state index contributed by atoms with van der Waals surface area (Å²) < 4.78 is 1.17. The van der Waals surface area contributed by atoms with E-state index in [0.29, 0.717) is 0 Å². The van der Waals surface area contributed by atoms with E-state index in [1.807, 2.05) is 0 Å². The molecule has 0 fully saturated rings. The average molecular weight is 382 g/mol. The van der Waals surface area contributed by atoms with E-state index >= 15 is 0 Å². The van der Waals surface area contributed by atoms with Crippen molar-refractivity contribution in [1.82, 2.24) is 0 Å². The Kier molecular flexibility index (Phi) is 12.9. The number of quaternary nitrogens is 1. The molecule has 0 radical (unpaired) electrons. The first kappa shape index (κ1) is 16.8. The summed E-state index contributed by atoms with van der Waals surface area (Å²) in [6.07, 6.45) is 3.91. The molecule has 0 amide bonds. The molecule has 0 saturated carbocycles. The topological polar surface area (TPSA) is 0 Å². The van der Waals surface area contributed by atoms with Gasteiger partial charge in [0.2, 0.25) is 0 Å². The molecule has 0 aliphatic rings. The Labute approximate surface area is 110 Å². The van der Waals surface area contributed by atoms with Gasteiger partial charge in [-0.05, 0) is 12.8 Å². The summed E-state index contributed by atoms with van der Waals surface area (Å²) in [6.45, 7) is 2.59. The fourth-order valence-corrected chi connectivity index (χ4v) is 1.88. The van der Waals surface area contributed by atoms with Crippen LogP contribution in [0.25, 0.3) is 0 Å². The van der Waals surface area contributed by atoms with E-state index in [0.717, 1.165) is 10.7 Å². The summed E-state index contributed by atoms with van der Waals surface area (Å²) >= 11 is 6.92. The maximum atomic E-state index is 3.47. The van der Waals surface area contributed by atoms with Gasteiger partial charge in [-0.25, -0.2) is 0 Å². The van der Waals surface area contributed by atoms with Crippen LogP contribution in [-0.2, 0) is 0 Å². The minimum absolute atomic E-state index is 0. The number of halogens is 3. The van der Waals surface area contributed by atoms with Crippen LogP contribution < -0.4 is 17.0 Å². The quantitative estimate of drug-likeness (QED) is 0.331. The van der Waals surface area contributed by atoms with Gasteiger partial charge in [-0.2, -0.15) is 0 Å². The lowest BCUT2D eigenvalue weighted by Gasteiger charge is -2.29. The van der Waals surface area contributed by atoms with Crippen molar-refractivity contribution >= 4 is 31.9 Å². The molecule has 0 aliphatic carbocycles. The van der Waals surface area contributed by atoms with Crippen LogP contribution in [0.4, 0.5) is 0 Å². The Balaban J connectivity index is 0. The summed E-state index contributed by atoms with van der Waals surface area (Å²) in [5.41, 5.74) is 0. The zero-order valence-electron chi connectivity index (χ0n) is 8.53. The van der Waals surface area contributed by atoms with Gasteiger partial charge < -0.3 is 21.5 Å². The number of hydrogen-bond acceptors (Lipinski definition) is 0. The second kappa shape index (κ2) is 9.94. The predicted molar refractivity (Wildman–Crippen MR) is 63.3 cm³/mol. The van der Waals surface area contributed by atoms with Crippen LogP contribution in [-0.4, -0.2) is 42.3 Å². The number of hydrogen-bond donors (Lipinski definition) is 0. The van der Waals surface area contributed by atoms with Gasteiger partial charge in [0.15, 0.2) is 0 Å². The first-order valence-electron chi connectivity index (χ1n) is 4.56. The van der Waals surface area contributed by atoms with Crippen molar-refractivity contribution < 1.29 is 21.5 Å². The SMILES string of the molecule is C[N+](C)(CCCBr)CCCCBr.[Br-]. The standard InChI is InChI=1S/C9H20Br2N.BrH/c1-12(2,9-5-7-11)8-4-3-6-10;/h3-9H2,1-2H3;1H/q+1;/p-1. The van der Waals surface area contributed by atoms with Crippen LogP contribution in [0.2, 0.25) is 0 Å². The summed E-state index contributed by atoms with van der Waals surface area (Å²) in [6, 6.07) is 0. The third-order valence-electron chi connectivity index (χ3n) is 2.04. The molecular weight excluding hydrogens is 362 g/mol. The number of unbranched alkanes of at least 4 members (excludes halogenated alkanes) is 1. The van der Waals surface area contributed by atoms with Crippen molar-refractivity contribution in [3.8, 4) is 0 Å². The van der Waals surface area contributed by atoms with E-state index in [-0.39, 0.29) is 17.0 Å². The van der Waals surface area contributed by atoms with Crippen LogP contribution in [0.1, 0.15) is 19.3 Å². The average Bonchev–Trinajstić information content (AvgIpc) is 2.01. The van der Waals surface area contributed by atoms with E-state index in [4.69, 9.17) is 0 Å². The molecule has 0 saturated heterocycles. The molecule has 0 N–H and O–H groups in total. The maximum Gasteiger partial charge on any atom is 0.0790 e. The van der Waals surface area contributed by atoms with Gasteiger partial charge in [0, 0.05) is 17.1 Å². The van der Waals surface area contributed by atoms with Crippen molar-refractivity contribution in [3.63, 3.8) is 0 Å². The highest BCUT2D eigenvalue weighted by molar-refractivity contribution is 9.09. The van der Waals surface area contributed by atoms with E-state index in [2.05, 4.69) is 46.0 Å². The molecule has 0 spiro atoms. The Bertz CT molecular complexity index is 107. The first-order chi connectivity index (χ1) is 5.62. The van der Waals surface area contributed by atoms with Crippen molar-refractivity contribution in [2.45, 2.75) is 19.3 Å². The second-order valence-corrected chi connectivity index (χ2v) is 5.41. The molecule has 0 atom stereocenters. The fraction of sp³-hybridized carbons (Fsp3) is 1.00. The molecule has 0 rings (SSSR count).